The largest absolute Gasteiger partial charge is 0.395 e. The molecule has 15 heavy (non-hydrogen) atoms. The minimum absolute atomic E-state index is 0.0247. The number of tetrazole rings is 1. The predicted molar refractivity (Wildman–Crippen MR) is 58.3 cm³/mol. The molecule has 1 heterocycles. The Morgan fingerprint density at radius 1 is 1.53 bits per heavy atom. The van der Waals surface area contributed by atoms with Gasteiger partial charge in [-0.3, -0.25) is 0 Å². The number of hydrogen-bond donors (Lipinski definition) is 2. The van der Waals surface area contributed by atoms with E-state index >= 15 is 0 Å². The summed E-state index contributed by atoms with van der Waals surface area (Å²) in [5.41, 5.74) is 5.98. The van der Waals surface area contributed by atoms with Crippen molar-refractivity contribution in [2.45, 2.75) is 30.3 Å². The third-order valence-electron chi connectivity index (χ3n) is 2.22. The van der Waals surface area contributed by atoms with E-state index in [1.807, 2.05) is 13.8 Å². The summed E-state index contributed by atoms with van der Waals surface area (Å²) in [5, 5.41) is 21.0. The van der Waals surface area contributed by atoms with Gasteiger partial charge in [-0.1, -0.05) is 25.6 Å². The zero-order valence-electron chi connectivity index (χ0n) is 9.16. The quantitative estimate of drug-likeness (QED) is 0.673. The Hall–Kier alpha value is -0.660. The molecule has 7 heteroatoms. The molecule has 0 fully saturated rings. The zero-order valence-corrected chi connectivity index (χ0v) is 9.98. The van der Waals surface area contributed by atoms with Crippen LogP contribution in [0.1, 0.15) is 13.8 Å². The highest BCUT2D eigenvalue weighted by atomic mass is 32.2. The Bertz CT molecular complexity index is 303. The smallest absolute Gasteiger partial charge is 0.209 e. The first-order chi connectivity index (χ1) is 7.06. The minimum Gasteiger partial charge on any atom is -0.395 e. The first-order valence-corrected chi connectivity index (χ1v) is 5.69. The number of hydrogen-bond acceptors (Lipinski definition) is 6. The summed E-state index contributed by atoms with van der Waals surface area (Å²) in [5.74, 6) is 0.316. The van der Waals surface area contributed by atoms with Crippen molar-refractivity contribution >= 4 is 11.8 Å². The van der Waals surface area contributed by atoms with Crippen molar-refractivity contribution in [2.24, 2.45) is 18.7 Å². The molecule has 1 rings (SSSR count). The number of nitrogens with zero attached hydrogens (tertiary/aromatic N) is 4. The fourth-order valence-electron chi connectivity index (χ4n) is 1.12. The van der Waals surface area contributed by atoms with Crippen LogP contribution in [-0.4, -0.2) is 43.2 Å². The third kappa shape index (κ3) is 3.15. The summed E-state index contributed by atoms with van der Waals surface area (Å²) in [7, 11) is 1.76. The lowest BCUT2D eigenvalue weighted by Crippen LogP contribution is -2.39. The fourth-order valence-corrected chi connectivity index (χ4v) is 2.21. The number of aryl methyl sites for hydroxylation is 1. The molecular formula is C8H17N5OS. The van der Waals surface area contributed by atoms with Crippen LogP contribution in [0.3, 0.4) is 0 Å². The van der Waals surface area contributed by atoms with E-state index in [0.717, 1.165) is 0 Å². The predicted octanol–water partition coefficient (Wildman–Crippen LogP) is -0.354. The number of nitrogens with two attached hydrogens (primary N) is 1. The van der Waals surface area contributed by atoms with Crippen LogP contribution in [0.4, 0.5) is 0 Å². The van der Waals surface area contributed by atoms with Gasteiger partial charge in [0.25, 0.3) is 0 Å². The average molecular weight is 231 g/mol. The van der Waals surface area contributed by atoms with Crippen LogP contribution in [-0.2, 0) is 7.05 Å². The lowest BCUT2D eigenvalue weighted by atomic mass is 10.0. The van der Waals surface area contributed by atoms with E-state index in [4.69, 9.17) is 5.73 Å². The summed E-state index contributed by atoms with van der Waals surface area (Å²) in [6.07, 6.45) is 0. The van der Waals surface area contributed by atoms with Crippen molar-refractivity contribution in [3.63, 3.8) is 0 Å². The van der Waals surface area contributed by atoms with Crippen LogP contribution >= 0.6 is 11.8 Å². The average Bonchev–Trinajstić information content (AvgIpc) is 2.59. The lowest BCUT2D eigenvalue weighted by Gasteiger charge is -2.23. The topological polar surface area (TPSA) is 89.8 Å². The van der Waals surface area contributed by atoms with E-state index < -0.39 is 0 Å². The van der Waals surface area contributed by atoms with Gasteiger partial charge in [0.05, 0.1) is 11.9 Å². The van der Waals surface area contributed by atoms with E-state index in [9.17, 15) is 5.11 Å². The highest BCUT2D eigenvalue weighted by molar-refractivity contribution is 7.99. The van der Waals surface area contributed by atoms with Gasteiger partial charge in [-0.25, -0.2) is 4.68 Å². The molecule has 0 saturated carbocycles. The summed E-state index contributed by atoms with van der Waals surface area (Å²) in [6, 6.07) is -0.0725. The van der Waals surface area contributed by atoms with Crippen molar-refractivity contribution in [1.82, 2.24) is 20.2 Å². The van der Waals surface area contributed by atoms with Crippen LogP contribution in [0, 0.1) is 5.92 Å². The van der Waals surface area contributed by atoms with Gasteiger partial charge >= 0.3 is 0 Å². The van der Waals surface area contributed by atoms with Gasteiger partial charge in [-0.2, -0.15) is 0 Å². The SMILES string of the molecule is CC(C)C(N)C(CO)Sc1nnnn1C. The molecule has 0 aromatic carbocycles. The summed E-state index contributed by atoms with van der Waals surface area (Å²) in [4.78, 5) is 0. The fraction of sp³-hybridized carbons (Fsp3) is 0.875. The highest BCUT2D eigenvalue weighted by Crippen LogP contribution is 2.23. The standard InChI is InChI=1S/C8H17N5OS/c1-5(2)7(9)6(4-14)15-8-10-11-12-13(8)3/h5-7,14H,4,9H2,1-3H3. The van der Waals surface area contributed by atoms with Crippen LogP contribution in [0.5, 0.6) is 0 Å². The van der Waals surface area contributed by atoms with E-state index in [1.54, 1.807) is 11.7 Å². The maximum Gasteiger partial charge on any atom is 0.209 e. The monoisotopic (exact) mass is 231 g/mol. The molecule has 1 aromatic heterocycles. The van der Waals surface area contributed by atoms with E-state index in [1.165, 1.54) is 11.8 Å². The van der Waals surface area contributed by atoms with Gasteiger partial charge in [0, 0.05) is 13.1 Å². The summed E-state index contributed by atoms with van der Waals surface area (Å²) >= 11 is 1.41. The molecule has 0 bridgehead atoms. The van der Waals surface area contributed by atoms with Gasteiger partial charge < -0.3 is 10.8 Å². The van der Waals surface area contributed by atoms with Crippen LogP contribution in [0.25, 0.3) is 0 Å². The molecule has 86 valence electrons. The molecule has 3 N–H and O–H groups in total. The van der Waals surface area contributed by atoms with Crippen LogP contribution < -0.4 is 5.73 Å². The maximum atomic E-state index is 9.26. The number of aliphatic hydroxyl groups is 1. The normalized spacial score (nSPS) is 15.6. The molecule has 0 aliphatic carbocycles. The Morgan fingerprint density at radius 3 is 2.60 bits per heavy atom. The molecule has 0 radical (unpaired) electrons. The van der Waals surface area contributed by atoms with Gasteiger partial charge in [-0.05, 0) is 16.3 Å². The van der Waals surface area contributed by atoms with Gasteiger partial charge in [0.15, 0.2) is 0 Å². The Morgan fingerprint density at radius 2 is 2.20 bits per heavy atom. The second-order valence-electron chi connectivity index (χ2n) is 3.75. The second-order valence-corrected chi connectivity index (χ2v) is 4.95. The first-order valence-electron chi connectivity index (χ1n) is 4.81. The second kappa shape index (κ2) is 5.43. The molecule has 2 unspecified atom stereocenters. The van der Waals surface area contributed by atoms with Crippen LogP contribution in [0.2, 0.25) is 0 Å². The first kappa shape index (κ1) is 12.4. The van der Waals surface area contributed by atoms with E-state index in [2.05, 4.69) is 15.5 Å². The Kier molecular flexibility index (Phi) is 4.49. The van der Waals surface area contributed by atoms with Gasteiger partial charge in [-0.15, -0.1) is 5.10 Å². The molecule has 1 aromatic rings. The van der Waals surface area contributed by atoms with Gasteiger partial charge in [0.2, 0.25) is 5.16 Å². The number of rotatable bonds is 5. The van der Waals surface area contributed by atoms with Gasteiger partial charge in [0.1, 0.15) is 0 Å². The molecule has 0 aliphatic heterocycles. The van der Waals surface area contributed by atoms with Crippen molar-refractivity contribution in [3.8, 4) is 0 Å². The van der Waals surface area contributed by atoms with Crippen molar-refractivity contribution < 1.29 is 5.11 Å². The minimum atomic E-state index is -0.0744. The summed E-state index contributed by atoms with van der Waals surface area (Å²) < 4.78 is 1.57. The molecule has 0 amide bonds. The molecule has 0 aliphatic rings. The maximum absolute atomic E-state index is 9.26. The van der Waals surface area contributed by atoms with Crippen molar-refractivity contribution in [1.29, 1.82) is 0 Å². The molecule has 0 saturated heterocycles. The lowest BCUT2D eigenvalue weighted by molar-refractivity contribution is 0.269. The Labute approximate surface area is 93.2 Å². The Balaban J connectivity index is 2.65. The number of aromatic nitrogens is 4. The molecule has 6 nitrogen and oxygen atoms in total. The van der Waals surface area contributed by atoms with Crippen molar-refractivity contribution in [3.05, 3.63) is 0 Å². The third-order valence-corrected chi connectivity index (χ3v) is 3.54. The summed E-state index contributed by atoms with van der Waals surface area (Å²) in [6.45, 7) is 4.09. The molecule has 0 spiro atoms. The number of aliphatic hydroxyl groups excluding tert-OH is 1. The van der Waals surface area contributed by atoms with Crippen molar-refractivity contribution in [2.75, 3.05) is 6.61 Å². The zero-order chi connectivity index (χ0) is 11.4. The molecule has 2 atom stereocenters. The molecular weight excluding hydrogens is 214 g/mol. The number of thioether (sulfide) groups is 1. The highest BCUT2D eigenvalue weighted by Gasteiger charge is 2.23. The van der Waals surface area contributed by atoms with E-state index in [0.29, 0.717) is 11.1 Å². The van der Waals surface area contributed by atoms with Crippen LogP contribution in [0.15, 0.2) is 5.16 Å². The van der Waals surface area contributed by atoms with E-state index in [-0.39, 0.29) is 17.9 Å².